The fraction of sp³-hybridized carbons (Fsp3) is 0.195. The molecule has 0 radical (unpaired) electrons. The van der Waals surface area contributed by atoms with Crippen LogP contribution in [0.2, 0.25) is 20.1 Å². The normalized spacial score (nSPS) is 12.2. The summed E-state index contributed by atoms with van der Waals surface area (Å²) in [7, 11) is -6.73. The summed E-state index contributed by atoms with van der Waals surface area (Å²) in [6.07, 6.45) is -4.39. The predicted octanol–water partition coefficient (Wildman–Crippen LogP) is 9.33. The van der Waals surface area contributed by atoms with Crippen LogP contribution in [-0.4, -0.2) is 65.9 Å². The first kappa shape index (κ1) is 57.5. The largest absolute Gasteiger partial charge is 0.619 e. The second-order valence-corrected chi connectivity index (χ2v) is 19.9. The van der Waals surface area contributed by atoms with Crippen molar-refractivity contribution >= 4 is 100 Å². The second-order valence-electron chi connectivity index (χ2n) is 13.8. The summed E-state index contributed by atoms with van der Waals surface area (Å²) in [5.41, 5.74) is -2.06. The van der Waals surface area contributed by atoms with Gasteiger partial charge in [-0.3, -0.25) is 9.78 Å². The molecule has 6 aromatic rings. The second kappa shape index (κ2) is 23.9. The van der Waals surface area contributed by atoms with Crippen LogP contribution in [0.4, 0.5) is 37.7 Å². The van der Waals surface area contributed by atoms with E-state index in [0.29, 0.717) is 37.7 Å². The molecule has 0 amide bonds. The summed E-state index contributed by atoms with van der Waals surface area (Å²) in [5.74, 6) is 0. The molecule has 70 heavy (non-hydrogen) atoms. The van der Waals surface area contributed by atoms with E-state index in [9.17, 15) is 63.5 Å². The van der Waals surface area contributed by atoms with Crippen LogP contribution >= 0.6 is 62.3 Å². The number of aromatic nitrogens is 4. The van der Waals surface area contributed by atoms with Crippen LogP contribution < -0.4 is 18.1 Å². The van der Waals surface area contributed by atoms with Gasteiger partial charge in [0.05, 0.1) is 58.1 Å². The van der Waals surface area contributed by atoms with Gasteiger partial charge in [-0.15, -0.1) is 0 Å². The van der Waals surface area contributed by atoms with Crippen molar-refractivity contribution in [3.63, 3.8) is 0 Å². The average Bonchev–Trinajstić information content (AvgIpc) is 3.29. The number of rotatable bonds is 13. The quantitative estimate of drug-likeness (QED) is 0.0286. The number of sulfonamides is 2. The van der Waals surface area contributed by atoms with Crippen molar-refractivity contribution in [2.45, 2.75) is 35.2 Å². The number of aldehydes is 1. The number of aryl methyl sites for hydroxylation is 1. The number of pyridine rings is 4. The van der Waals surface area contributed by atoms with Crippen LogP contribution in [0.5, 0.6) is 0 Å². The molecule has 0 bridgehead atoms. The predicted molar refractivity (Wildman–Crippen MR) is 247 cm³/mol. The number of ether oxygens (including phenoxy) is 2. The molecule has 376 valence electrons. The minimum absolute atomic E-state index is 0.00265. The lowest BCUT2D eigenvalue weighted by atomic mass is 10.1. The Kier molecular flexibility index (Phi) is 19.6. The lowest BCUT2D eigenvalue weighted by Gasteiger charge is -2.27. The van der Waals surface area contributed by atoms with Gasteiger partial charge in [-0.1, -0.05) is 46.4 Å². The van der Waals surface area contributed by atoms with Crippen LogP contribution in [0, 0.1) is 17.3 Å². The Bertz CT molecular complexity index is 3060. The van der Waals surface area contributed by atoms with Crippen LogP contribution in [0.1, 0.15) is 44.5 Å². The third-order valence-corrected chi connectivity index (χ3v) is 14.2. The molecule has 0 saturated carbocycles. The topological polar surface area (TPSA) is 210 Å². The molecule has 1 unspecified atom stereocenters. The van der Waals surface area contributed by atoms with Crippen molar-refractivity contribution in [1.29, 1.82) is 0 Å². The highest BCUT2D eigenvalue weighted by molar-refractivity contribution is 9.10. The summed E-state index contributed by atoms with van der Waals surface area (Å²) in [5, 5.41) is 31.8. The van der Waals surface area contributed by atoms with E-state index >= 15 is 0 Å². The fourth-order valence-corrected chi connectivity index (χ4v) is 9.80. The number of alkyl halides is 6. The van der Waals surface area contributed by atoms with Gasteiger partial charge >= 0.3 is 12.4 Å². The monoisotopic (exact) mass is 1170 g/mol. The van der Waals surface area contributed by atoms with Crippen LogP contribution in [0.25, 0.3) is 0 Å². The maximum atomic E-state index is 13.5. The highest BCUT2D eigenvalue weighted by Crippen LogP contribution is 2.40. The lowest BCUT2D eigenvalue weighted by Crippen LogP contribution is -2.34. The van der Waals surface area contributed by atoms with Gasteiger partial charge in [-0.2, -0.15) is 35.8 Å². The number of anilines is 2. The highest BCUT2D eigenvalue weighted by atomic mass is 79.9. The molecule has 4 heterocycles. The SMILES string of the molecule is COCN(c1cc(Cl)cnc1Br)S(=O)(=O)c1ccc(Cl)c(C(F)(F)F)c1.COCN(c1cc(Cl)cnc1C(O)c1cc[n+]([O-])c(C)c1)S(=O)(=O)c1ccc(Cl)c(C(F)(F)F)c1.O=Cc1cc[n+]([O-])cc1. The molecule has 29 heteroatoms. The van der Waals surface area contributed by atoms with Gasteiger partial charge in [0.25, 0.3) is 20.0 Å². The third-order valence-electron chi connectivity index (χ3n) is 9.01. The number of hydrogen-bond donors (Lipinski definition) is 1. The molecule has 16 nitrogen and oxygen atoms in total. The molecule has 4 aromatic heterocycles. The molecule has 0 aliphatic carbocycles. The molecule has 1 N–H and O–H groups in total. The first-order valence-corrected chi connectivity index (χ1v) is 24.0. The number of carbonyl (C=O) groups is 1. The Balaban J connectivity index is 0.000000265. The van der Waals surface area contributed by atoms with E-state index in [2.05, 4.69) is 25.9 Å². The minimum Gasteiger partial charge on any atom is -0.619 e. The Morgan fingerprint density at radius 3 is 1.63 bits per heavy atom. The Morgan fingerprint density at radius 2 is 1.19 bits per heavy atom. The molecule has 2 aromatic carbocycles. The van der Waals surface area contributed by atoms with Crippen molar-refractivity contribution in [3.05, 3.63) is 173 Å². The number of benzene rings is 2. The van der Waals surface area contributed by atoms with Crippen molar-refractivity contribution in [3.8, 4) is 0 Å². The Labute approximate surface area is 423 Å². The molecule has 0 spiro atoms. The maximum absolute atomic E-state index is 13.5. The fourth-order valence-electron chi connectivity index (χ4n) is 5.68. The van der Waals surface area contributed by atoms with Crippen molar-refractivity contribution in [2.24, 2.45) is 0 Å². The first-order chi connectivity index (χ1) is 32.6. The smallest absolute Gasteiger partial charge is 0.417 e. The summed E-state index contributed by atoms with van der Waals surface area (Å²) in [6, 6.07) is 12.5. The number of hydrogen-bond acceptors (Lipinski definition) is 12. The van der Waals surface area contributed by atoms with E-state index in [1.807, 2.05) is 0 Å². The summed E-state index contributed by atoms with van der Waals surface area (Å²) in [4.78, 5) is 16.6. The maximum Gasteiger partial charge on any atom is 0.417 e. The molecule has 0 fully saturated rings. The number of methoxy groups -OCH3 is 2. The third kappa shape index (κ3) is 14.3. The van der Waals surface area contributed by atoms with Crippen molar-refractivity contribution < 1.29 is 72.0 Å². The van der Waals surface area contributed by atoms with E-state index < -0.39 is 82.9 Å². The van der Waals surface area contributed by atoms with Crippen LogP contribution in [-0.2, 0) is 41.9 Å². The number of aliphatic hydroxyl groups is 1. The zero-order valence-corrected chi connectivity index (χ0v) is 41.9. The van der Waals surface area contributed by atoms with E-state index in [-0.39, 0.29) is 43.0 Å². The molecule has 1 atom stereocenters. The van der Waals surface area contributed by atoms with Crippen LogP contribution in [0.3, 0.4) is 0 Å². The summed E-state index contributed by atoms with van der Waals surface area (Å²) >= 11 is 26.2. The van der Waals surface area contributed by atoms with Gasteiger partial charge in [-0.05, 0) is 70.0 Å². The van der Waals surface area contributed by atoms with Gasteiger partial charge in [-0.25, -0.2) is 30.4 Å². The molecule has 0 aliphatic rings. The highest BCUT2D eigenvalue weighted by Gasteiger charge is 2.38. The molecular formula is C41H33BrCl4F6N6O10S2. The summed E-state index contributed by atoms with van der Waals surface area (Å²) < 4.78 is 145. The Hall–Kier alpha value is -5.09. The molecular weight excluding hydrogens is 1140 g/mol. The lowest BCUT2D eigenvalue weighted by molar-refractivity contribution is -0.612. The number of nitrogens with zero attached hydrogens (tertiary/aromatic N) is 6. The minimum atomic E-state index is -4.91. The molecule has 0 saturated heterocycles. The van der Waals surface area contributed by atoms with Crippen molar-refractivity contribution in [1.82, 2.24) is 9.97 Å². The van der Waals surface area contributed by atoms with E-state index in [1.54, 1.807) is 0 Å². The average molecular weight is 1170 g/mol. The first-order valence-electron chi connectivity index (χ1n) is 18.8. The Morgan fingerprint density at radius 1 is 0.729 bits per heavy atom. The zero-order chi connectivity index (χ0) is 52.5. The standard InChI is InChI=1S/C21H18Cl2F3N3O5S.C14H10BrCl2F3N2O3S.C6H5NO2/c1-12-7-13(5-6-28(12)31)20(30)19-18(8-14(22)10-27-19)29(11-34-2)35(32,33)15-3-4-17(23)16(9-15)21(24,25)26;1-25-7-22(12-4-8(16)6-21-13(12)15)26(23,24)9-2-3-11(17)10(5-9)14(18,19)20;8-5-6-1-3-7(9)4-2-6/h3-10,20,30H,11H2,1-2H3;2-6H,7H2,1H3;1-5H. The van der Waals surface area contributed by atoms with E-state index in [1.165, 1.54) is 76.1 Å². The molecule has 0 aliphatic heterocycles. The van der Waals surface area contributed by atoms with Gasteiger partial charge in [0.15, 0.2) is 30.6 Å². The zero-order valence-electron chi connectivity index (χ0n) is 35.7. The summed E-state index contributed by atoms with van der Waals surface area (Å²) in [6.45, 7) is 0.370. The van der Waals surface area contributed by atoms with Crippen LogP contribution in [0.15, 0.2) is 118 Å². The van der Waals surface area contributed by atoms with E-state index in [0.717, 1.165) is 41.0 Å². The van der Waals surface area contributed by atoms with Gasteiger partial charge in [0.2, 0.25) is 0 Å². The molecule has 6 rings (SSSR count). The number of aliphatic hydroxyl groups excluding tert-OH is 1. The van der Waals surface area contributed by atoms with Gasteiger partial charge in [0.1, 0.15) is 24.2 Å². The van der Waals surface area contributed by atoms with Gasteiger partial charge in [0, 0.05) is 63.4 Å². The number of halogens is 11. The van der Waals surface area contributed by atoms with E-state index in [4.69, 9.17) is 55.9 Å². The number of carbonyl (C=O) groups excluding carboxylic acids is 1. The van der Waals surface area contributed by atoms with Crippen molar-refractivity contribution in [2.75, 3.05) is 36.3 Å². The van der Waals surface area contributed by atoms with Gasteiger partial charge < -0.3 is 25.0 Å².